The molecule has 7 heteroatoms. The van der Waals surface area contributed by atoms with E-state index in [4.69, 9.17) is 33.3 Å². The second-order valence-corrected chi connectivity index (χ2v) is 5.38. The van der Waals surface area contributed by atoms with E-state index in [9.17, 15) is 4.39 Å². The Kier molecular flexibility index (Phi) is 4.31. The Morgan fingerprint density at radius 1 is 1.00 bits per heavy atom. The van der Waals surface area contributed by atoms with Crippen LogP contribution in [0.2, 0.25) is 5.02 Å². The molecule has 0 radical (unpaired) electrons. The summed E-state index contributed by atoms with van der Waals surface area (Å²) in [6.07, 6.45) is 0. The molecule has 1 heterocycles. The van der Waals surface area contributed by atoms with Crippen LogP contribution in [0.25, 0.3) is 0 Å². The lowest BCUT2D eigenvalue weighted by molar-refractivity contribution is 0.171. The summed E-state index contributed by atoms with van der Waals surface area (Å²) in [4.78, 5) is 0. The van der Waals surface area contributed by atoms with Gasteiger partial charge in [0.2, 0.25) is 0 Å². The van der Waals surface area contributed by atoms with Crippen molar-refractivity contribution in [3.8, 4) is 11.5 Å². The van der Waals surface area contributed by atoms with Gasteiger partial charge in [-0.1, -0.05) is 11.6 Å². The highest BCUT2D eigenvalue weighted by Gasteiger charge is 2.12. The Hall–Kier alpha value is -2.05. The number of fused-ring (bicyclic) bond motifs is 1. The summed E-state index contributed by atoms with van der Waals surface area (Å²) in [5, 5.41) is 6.29. The number of thiocarbonyl (C=S) groups is 1. The monoisotopic (exact) mass is 338 g/mol. The van der Waals surface area contributed by atoms with Gasteiger partial charge in [0.15, 0.2) is 16.6 Å². The van der Waals surface area contributed by atoms with Gasteiger partial charge in [0.05, 0.1) is 5.02 Å². The van der Waals surface area contributed by atoms with Gasteiger partial charge >= 0.3 is 0 Å². The number of hydrogen-bond donors (Lipinski definition) is 2. The maximum Gasteiger partial charge on any atom is 0.175 e. The molecule has 0 aromatic heterocycles. The number of hydrogen-bond acceptors (Lipinski definition) is 3. The van der Waals surface area contributed by atoms with Crippen molar-refractivity contribution in [2.24, 2.45) is 0 Å². The van der Waals surface area contributed by atoms with Gasteiger partial charge < -0.3 is 20.1 Å². The molecule has 2 aromatic carbocycles. The van der Waals surface area contributed by atoms with Crippen molar-refractivity contribution < 1.29 is 13.9 Å². The summed E-state index contributed by atoms with van der Waals surface area (Å²) in [6, 6.07) is 9.81. The molecule has 4 nitrogen and oxygen atoms in total. The lowest BCUT2D eigenvalue weighted by Crippen LogP contribution is -2.20. The molecular formula is C15H12ClFN2O2S. The molecule has 0 spiro atoms. The molecule has 1 aliphatic rings. The lowest BCUT2D eigenvalue weighted by atomic mass is 10.2. The zero-order chi connectivity index (χ0) is 15.5. The number of ether oxygens (including phenoxy) is 2. The third-order valence-electron chi connectivity index (χ3n) is 2.98. The smallest absolute Gasteiger partial charge is 0.175 e. The van der Waals surface area contributed by atoms with Crippen molar-refractivity contribution in [2.45, 2.75) is 0 Å². The van der Waals surface area contributed by atoms with Crippen molar-refractivity contribution in [3.05, 3.63) is 47.2 Å². The van der Waals surface area contributed by atoms with Crippen LogP contribution in [0.5, 0.6) is 11.5 Å². The van der Waals surface area contributed by atoms with Gasteiger partial charge in [-0.15, -0.1) is 0 Å². The van der Waals surface area contributed by atoms with E-state index in [0.29, 0.717) is 35.5 Å². The third-order valence-corrected chi connectivity index (χ3v) is 3.49. The molecule has 2 aromatic rings. The molecular weight excluding hydrogens is 327 g/mol. The van der Waals surface area contributed by atoms with Crippen LogP contribution in [0.4, 0.5) is 15.8 Å². The third kappa shape index (κ3) is 3.40. The highest BCUT2D eigenvalue weighted by Crippen LogP contribution is 2.32. The molecule has 0 atom stereocenters. The van der Waals surface area contributed by atoms with Crippen LogP contribution in [0.15, 0.2) is 36.4 Å². The highest BCUT2D eigenvalue weighted by molar-refractivity contribution is 7.80. The first-order valence-electron chi connectivity index (χ1n) is 6.54. The van der Waals surface area contributed by atoms with Crippen molar-refractivity contribution in [2.75, 3.05) is 23.8 Å². The SMILES string of the molecule is Fc1cc(NC(=S)Nc2ccc3c(c2)OCCO3)ccc1Cl. The van der Waals surface area contributed by atoms with E-state index in [1.54, 1.807) is 18.2 Å². The minimum atomic E-state index is -0.506. The van der Waals surface area contributed by atoms with Gasteiger partial charge in [0, 0.05) is 17.4 Å². The average Bonchev–Trinajstić information content (AvgIpc) is 2.51. The normalized spacial score (nSPS) is 12.6. The van der Waals surface area contributed by atoms with Gasteiger partial charge in [0.1, 0.15) is 19.0 Å². The summed E-state index contributed by atoms with van der Waals surface area (Å²) in [5.74, 6) is 0.862. The maximum absolute atomic E-state index is 13.4. The van der Waals surface area contributed by atoms with Gasteiger partial charge in [-0.3, -0.25) is 0 Å². The molecule has 2 N–H and O–H groups in total. The van der Waals surface area contributed by atoms with Crippen molar-refractivity contribution in [3.63, 3.8) is 0 Å². The number of anilines is 2. The summed E-state index contributed by atoms with van der Waals surface area (Å²) >= 11 is 10.8. The van der Waals surface area contributed by atoms with Crippen molar-refractivity contribution in [1.82, 2.24) is 0 Å². The average molecular weight is 339 g/mol. The Labute approximate surface area is 137 Å². The quantitative estimate of drug-likeness (QED) is 0.808. The summed E-state index contributed by atoms with van der Waals surface area (Å²) in [7, 11) is 0. The molecule has 1 aliphatic heterocycles. The molecule has 0 saturated heterocycles. The topological polar surface area (TPSA) is 42.5 Å². The Bertz CT molecular complexity index is 727. The van der Waals surface area contributed by atoms with Crippen LogP contribution in [-0.2, 0) is 0 Å². The minimum Gasteiger partial charge on any atom is -0.486 e. The predicted molar refractivity (Wildman–Crippen MR) is 88.7 cm³/mol. The molecule has 0 fully saturated rings. The second-order valence-electron chi connectivity index (χ2n) is 4.57. The largest absolute Gasteiger partial charge is 0.486 e. The van der Waals surface area contributed by atoms with E-state index < -0.39 is 5.82 Å². The van der Waals surface area contributed by atoms with Crippen LogP contribution in [0, 0.1) is 5.82 Å². The number of benzene rings is 2. The summed E-state index contributed by atoms with van der Waals surface area (Å²) < 4.78 is 24.3. The fraction of sp³-hybridized carbons (Fsp3) is 0.133. The van der Waals surface area contributed by atoms with Crippen LogP contribution in [-0.4, -0.2) is 18.3 Å². The molecule has 3 rings (SSSR count). The predicted octanol–water partition coefficient (Wildman–Crippen LogP) is 4.06. The zero-order valence-electron chi connectivity index (χ0n) is 11.4. The van der Waals surface area contributed by atoms with Crippen LogP contribution in [0.1, 0.15) is 0 Å². The fourth-order valence-electron chi connectivity index (χ4n) is 1.99. The molecule has 0 amide bonds. The number of nitrogens with one attached hydrogen (secondary N) is 2. The Morgan fingerprint density at radius 3 is 2.36 bits per heavy atom. The van der Waals surface area contributed by atoms with Gasteiger partial charge in [-0.25, -0.2) is 4.39 Å². The molecule has 22 heavy (non-hydrogen) atoms. The molecule has 114 valence electrons. The van der Waals surface area contributed by atoms with Gasteiger partial charge in [-0.2, -0.15) is 0 Å². The second kappa shape index (κ2) is 6.37. The first-order chi connectivity index (χ1) is 10.6. The van der Waals surface area contributed by atoms with Gasteiger partial charge in [0.25, 0.3) is 0 Å². The molecule has 0 saturated carbocycles. The highest BCUT2D eigenvalue weighted by atomic mass is 35.5. The van der Waals surface area contributed by atoms with E-state index in [0.717, 1.165) is 5.69 Å². The van der Waals surface area contributed by atoms with Crippen LogP contribution < -0.4 is 20.1 Å². The van der Waals surface area contributed by atoms with Crippen LogP contribution in [0.3, 0.4) is 0 Å². The van der Waals surface area contributed by atoms with E-state index in [1.807, 2.05) is 6.07 Å². The maximum atomic E-state index is 13.4. The molecule has 0 unspecified atom stereocenters. The fourth-order valence-corrected chi connectivity index (χ4v) is 2.34. The minimum absolute atomic E-state index is 0.0660. The van der Waals surface area contributed by atoms with Crippen molar-refractivity contribution >= 4 is 40.3 Å². The van der Waals surface area contributed by atoms with E-state index in [1.165, 1.54) is 12.1 Å². The van der Waals surface area contributed by atoms with E-state index >= 15 is 0 Å². The van der Waals surface area contributed by atoms with Gasteiger partial charge in [-0.05, 0) is 42.5 Å². The molecule has 0 bridgehead atoms. The lowest BCUT2D eigenvalue weighted by Gasteiger charge is -2.19. The Morgan fingerprint density at radius 2 is 1.64 bits per heavy atom. The van der Waals surface area contributed by atoms with Crippen LogP contribution >= 0.6 is 23.8 Å². The standard InChI is InChI=1S/C15H12ClFN2O2S/c16-11-3-1-9(7-12(11)17)18-15(22)19-10-2-4-13-14(8-10)21-6-5-20-13/h1-4,7-8H,5-6H2,(H2,18,19,22). The first-order valence-corrected chi connectivity index (χ1v) is 7.33. The number of rotatable bonds is 2. The Balaban J connectivity index is 1.67. The van der Waals surface area contributed by atoms with E-state index in [-0.39, 0.29) is 5.02 Å². The first kappa shape index (κ1) is 14.9. The van der Waals surface area contributed by atoms with E-state index in [2.05, 4.69) is 10.6 Å². The van der Waals surface area contributed by atoms with Crippen molar-refractivity contribution in [1.29, 1.82) is 0 Å². The zero-order valence-corrected chi connectivity index (χ0v) is 12.9. The number of halogens is 2. The summed E-state index contributed by atoms with van der Waals surface area (Å²) in [6.45, 7) is 1.06. The molecule has 0 aliphatic carbocycles. The summed E-state index contributed by atoms with van der Waals surface area (Å²) in [5.41, 5.74) is 1.26.